The molecule has 0 atom stereocenters. The molecule has 0 fully saturated rings. The Bertz CT molecular complexity index is 323. The predicted molar refractivity (Wildman–Crippen MR) is 60.5 cm³/mol. The van der Waals surface area contributed by atoms with Crippen molar-refractivity contribution in [2.45, 2.75) is 20.3 Å². The van der Waals surface area contributed by atoms with Gasteiger partial charge in [0.05, 0.1) is 12.3 Å². The third-order valence-electron chi connectivity index (χ3n) is 1.68. The normalized spacial score (nSPS) is 11.5. The van der Waals surface area contributed by atoms with Crippen molar-refractivity contribution in [1.29, 1.82) is 0 Å². The third kappa shape index (κ3) is 3.38. The first kappa shape index (κ1) is 11.1. The minimum atomic E-state index is 0.646. The van der Waals surface area contributed by atoms with Crippen LogP contribution in [-0.4, -0.2) is 12.5 Å². The number of hydrogen-bond donors (Lipinski definition) is 0. The Hall–Kier alpha value is -1.02. The molecule has 76 valence electrons. The summed E-state index contributed by atoms with van der Waals surface area (Å²) in [6, 6.07) is 7.42. The van der Waals surface area contributed by atoms with Crippen molar-refractivity contribution in [2.24, 2.45) is 4.99 Å². The zero-order valence-corrected chi connectivity index (χ0v) is 9.21. The summed E-state index contributed by atoms with van der Waals surface area (Å²) in [5.74, 6) is 0.745. The molecule has 0 aromatic heterocycles. The van der Waals surface area contributed by atoms with Gasteiger partial charge in [0.2, 0.25) is 0 Å². The van der Waals surface area contributed by atoms with Gasteiger partial charge in [0.25, 0.3) is 0 Å². The van der Waals surface area contributed by atoms with Gasteiger partial charge in [-0.15, -0.1) is 0 Å². The third-order valence-corrected chi connectivity index (χ3v) is 1.91. The molecule has 0 unspecified atom stereocenters. The van der Waals surface area contributed by atoms with E-state index in [1.54, 1.807) is 0 Å². The molecule has 0 heterocycles. The fourth-order valence-electron chi connectivity index (χ4n) is 1.07. The molecule has 2 nitrogen and oxygen atoms in total. The summed E-state index contributed by atoms with van der Waals surface area (Å²) in [6.07, 6.45) is 0.792. The van der Waals surface area contributed by atoms with E-state index in [2.05, 4.69) is 4.99 Å². The molecule has 3 heteroatoms. The second kappa shape index (κ2) is 5.66. The van der Waals surface area contributed by atoms with E-state index in [0.717, 1.165) is 18.0 Å². The standard InChI is InChI=1S/C11H14ClNO/c1-3-11(14-4-2)13-10-7-5-6-9(12)8-10/h5-8H,3-4H2,1-2H3. The minimum Gasteiger partial charge on any atom is -0.481 e. The molecule has 0 aliphatic rings. The minimum absolute atomic E-state index is 0.646. The summed E-state index contributed by atoms with van der Waals surface area (Å²) < 4.78 is 5.34. The van der Waals surface area contributed by atoms with Crippen molar-refractivity contribution in [1.82, 2.24) is 0 Å². The highest BCUT2D eigenvalue weighted by Crippen LogP contribution is 2.18. The Balaban J connectivity index is 2.83. The van der Waals surface area contributed by atoms with E-state index in [0.29, 0.717) is 11.6 Å². The van der Waals surface area contributed by atoms with Crippen LogP contribution in [0.5, 0.6) is 0 Å². The van der Waals surface area contributed by atoms with Gasteiger partial charge in [0, 0.05) is 11.4 Å². The SMILES string of the molecule is CCOC(CC)=Nc1cccc(Cl)c1. The highest BCUT2D eigenvalue weighted by Gasteiger charge is 1.97. The summed E-state index contributed by atoms with van der Waals surface area (Å²) in [6.45, 7) is 4.61. The molecule has 0 saturated carbocycles. The van der Waals surface area contributed by atoms with E-state index >= 15 is 0 Å². The van der Waals surface area contributed by atoms with Crippen LogP contribution in [0.1, 0.15) is 20.3 Å². The van der Waals surface area contributed by atoms with Gasteiger partial charge in [-0.05, 0) is 25.1 Å². The zero-order valence-electron chi connectivity index (χ0n) is 8.46. The van der Waals surface area contributed by atoms with Crippen molar-refractivity contribution in [3.63, 3.8) is 0 Å². The number of aliphatic imine (C=N–C) groups is 1. The zero-order chi connectivity index (χ0) is 10.4. The maximum Gasteiger partial charge on any atom is 0.188 e. The summed E-state index contributed by atoms with van der Waals surface area (Å²) in [5.41, 5.74) is 0.836. The average Bonchev–Trinajstić information content (AvgIpc) is 2.17. The van der Waals surface area contributed by atoms with Crippen LogP contribution in [0.2, 0.25) is 5.02 Å². The van der Waals surface area contributed by atoms with Crippen LogP contribution >= 0.6 is 11.6 Å². The van der Waals surface area contributed by atoms with Crippen molar-refractivity contribution < 1.29 is 4.74 Å². The lowest BCUT2D eigenvalue weighted by Gasteiger charge is -2.04. The summed E-state index contributed by atoms with van der Waals surface area (Å²) in [7, 11) is 0. The number of hydrogen-bond acceptors (Lipinski definition) is 2. The largest absolute Gasteiger partial charge is 0.481 e. The van der Waals surface area contributed by atoms with Gasteiger partial charge in [-0.25, -0.2) is 4.99 Å². The maximum absolute atomic E-state index is 5.84. The first-order valence-electron chi connectivity index (χ1n) is 4.72. The fourth-order valence-corrected chi connectivity index (χ4v) is 1.25. The maximum atomic E-state index is 5.84. The topological polar surface area (TPSA) is 21.6 Å². The molecule has 0 spiro atoms. The van der Waals surface area contributed by atoms with Crippen LogP contribution in [0.25, 0.3) is 0 Å². The molecule has 0 aliphatic heterocycles. The van der Waals surface area contributed by atoms with Crippen LogP contribution in [0, 0.1) is 0 Å². The highest BCUT2D eigenvalue weighted by molar-refractivity contribution is 6.30. The quantitative estimate of drug-likeness (QED) is 0.550. The number of rotatable bonds is 3. The van der Waals surface area contributed by atoms with Gasteiger partial charge in [0.1, 0.15) is 0 Å². The Kier molecular flexibility index (Phi) is 4.47. The van der Waals surface area contributed by atoms with Gasteiger partial charge in [-0.1, -0.05) is 24.6 Å². The first-order chi connectivity index (χ1) is 6.76. The summed E-state index contributed by atoms with van der Waals surface area (Å²) >= 11 is 5.84. The Morgan fingerprint density at radius 2 is 2.21 bits per heavy atom. The predicted octanol–water partition coefficient (Wildman–Crippen LogP) is 3.82. The number of ether oxygens (including phenoxy) is 1. The molecular weight excluding hydrogens is 198 g/mol. The lowest BCUT2D eigenvalue weighted by Crippen LogP contribution is -2.01. The second-order valence-corrected chi connectivity index (χ2v) is 3.21. The smallest absolute Gasteiger partial charge is 0.188 e. The molecule has 0 saturated heterocycles. The lowest BCUT2D eigenvalue weighted by molar-refractivity contribution is 0.319. The van der Waals surface area contributed by atoms with Gasteiger partial charge in [0.15, 0.2) is 5.90 Å². The average molecular weight is 212 g/mol. The Labute approximate surface area is 89.6 Å². The van der Waals surface area contributed by atoms with E-state index in [-0.39, 0.29) is 0 Å². The highest BCUT2D eigenvalue weighted by atomic mass is 35.5. The monoisotopic (exact) mass is 211 g/mol. The van der Waals surface area contributed by atoms with Crippen molar-refractivity contribution in [3.05, 3.63) is 29.3 Å². The number of halogens is 1. The molecule has 0 aliphatic carbocycles. The summed E-state index contributed by atoms with van der Waals surface area (Å²) in [4.78, 5) is 4.34. The molecule has 14 heavy (non-hydrogen) atoms. The van der Waals surface area contributed by atoms with Crippen molar-refractivity contribution in [2.75, 3.05) is 6.61 Å². The first-order valence-corrected chi connectivity index (χ1v) is 5.10. The molecule has 1 rings (SSSR count). The summed E-state index contributed by atoms with van der Waals surface area (Å²) in [5, 5.41) is 0.693. The molecule has 0 N–H and O–H groups in total. The molecule has 0 amide bonds. The number of nitrogens with zero attached hydrogens (tertiary/aromatic N) is 1. The van der Waals surface area contributed by atoms with Gasteiger partial charge in [-0.2, -0.15) is 0 Å². The van der Waals surface area contributed by atoms with Crippen LogP contribution in [-0.2, 0) is 4.74 Å². The van der Waals surface area contributed by atoms with Crippen LogP contribution in [0.15, 0.2) is 29.3 Å². The molecule has 0 radical (unpaired) electrons. The molecular formula is C11H14ClNO. The molecule has 0 bridgehead atoms. The van der Waals surface area contributed by atoms with Crippen molar-refractivity contribution in [3.8, 4) is 0 Å². The second-order valence-electron chi connectivity index (χ2n) is 2.77. The van der Waals surface area contributed by atoms with Crippen LogP contribution in [0.3, 0.4) is 0 Å². The lowest BCUT2D eigenvalue weighted by atomic mass is 10.3. The van der Waals surface area contributed by atoms with E-state index in [9.17, 15) is 0 Å². The van der Waals surface area contributed by atoms with Gasteiger partial charge >= 0.3 is 0 Å². The van der Waals surface area contributed by atoms with Crippen molar-refractivity contribution >= 4 is 23.2 Å². The Morgan fingerprint density at radius 1 is 1.43 bits per heavy atom. The van der Waals surface area contributed by atoms with Crippen LogP contribution < -0.4 is 0 Å². The Morgan fingerprint density at radius 3 is 2.79 bits per heavy atom. The van der Waals surface area contributed by atoms with Crippen LogP contribution in [0.4, 0.5) is 5.69 Å². The van der Waals surface area contributed by atoms with E-state index in [1.165, 1.54) is 0 Å². The molecule has 1 aromatic rings. The van der Waals surface area contributed by atoms with E-state index in [4.69, 9.17) is 16.3 Å². The molecule has 1 aromatic carbocycles. The van der Waals surface area contributed by atoms with E-state index < -0.39 is 0 Å². The fraction of sp³-hybridized carbons (Fsp3) is 0.364. The van der Waals surface area contributed by atoms with Gasteiger partial charge in [-0.3, -0.25) is 0 Å². The van der Waals surface area contributed by atoms with Gasteiger partial charge < -0.3 is 4.74 Å². The number of benzene rings is 1. The van der Waals surface area contributed by atoms with E-state index in [1.807, 2.05) is 38.1 Å².